The van der Waals surface area contributed by atoms with Gasteiger partial charge in [-0.25, -0.2) is 9.97 Å². The van der Waals surface area contributed by atoms with E-state index < -0.39 is 0 Å². The zero-order valence-electron chi connectivity index (χ0n) is 10.7. The van der Waals surface area contributed by atoms with Gasteiger partial charge < -0.3 is 10.1 Å². The number of rotatable bonds is 8. The Morgan fingerprint density at radius 2 is 2.17 bits per heavy atom. The summed E-state index contributed by atoms with van der Waals surface area (Å²) in [4.78, 5) is 8.49. The van der Waals surface area contributed by atoms with Crippen LogP contribution in [0.1, 0.15) is 26.2 Å². The van der Waals surface area contributed by atoms with Gasteiger partial charge in [-0.3, -0.25) is 0 Å². The molecule has 0 aliphatic carbocycles. The van der Waals surface area contributed by atoms with E-state index in [1.807, 2.05) is 11.4 Å². The van der Waals surface area contributed by atoms with Gasteiger partial charge in [0.25, 0.3) is 0 Å². The van der Waals surface area contributed by atoms with Crippen molar-refractivity contribution in [1.82, 2.24) is 9.97 Å². The highest BCUT2D eigenvalue weighted by atomic mass is 32.1. The minimum absolute atomic E-state index is 0.811. The Balaban J connectivity index is 1.72. The summed E-state index contributed by atoms with van der Waals surface area (Å²) in [5, 5.41) is 5.38. The summed E-state index contributed by atoms with van der Waals surface area (Å²) in [7, 11) is 0. The molecule has 0 unspecified atom stereocenters. The molecule has 0 aliphatic heterocycles. The van der Waals surface area contributed by atoms with E-state index in [4.69, 9.17) is 4.74 Å². The van der Waals surface area contributed by atoms with Crippen LogP contribution in [0.2, 0.25) is 0 Å². The molecule has 0 saturated carbocycles. The maximum Gasteiger partial charge on any atom is 0.147 e. The van der Waals surface area contributed by atoms with E-state index in [1.54, 1.807) is 17.7 Å². The first-order valence-electron chi connectivity index (χ1n) is 6.41. The van der Waals surface area contributed by atoms with Gasteiger partial charge in [-0.2, -0.15) is 0 Å². The number of anilines is 1. The monoisotopic (exact) mass is 265 g/mol. The van der Waals surface area contributed by atoms with E-state index in [0.29, 0.717) is 0 Å². The molecule has 1 N–H and O–H groups in total. The molecule has 2 aromatic heterocycles. The third-order valence-corrected chi connectivity index (χ3v) is 3.55. The molecule has 0 aliphatic rings. The van der Waals surface area contributed by atoms with Crippen LogP contribution in [0.3, 0.4) is 0 Å². The molecule has 98 valence electrons. The highest BCUT2D eigenvalue weighted by molar-refractivity contribution is 7.17. The molecule has 2 aromatic rings. The lowest BCUT2D eigenvalue weighted by Gasteiger charge is -2.06. The van der Waals surface area contributed by atoms with Crippen molar-refractivity contribution in [2.75, 3.05) is 25.1 Å². The molecule has 0 spiro atoms. The highest BCUT2D eigenvalue weighted by Crippen LogP contribution is 2.24. The predicted molar refractivity (Wildman–Crippen MR) is 76.2 cm³/mol. The van der Waals surface area contributed by atoms with E-state index in [2.05, 4.69) is 22.2 Å². The Kier molecular flexibility index (Phi) is 5.36. The number of hydrogen-bond acceptors (Lipinski definition) is 5. The normalized spacial score (nSPS) is 10.9. The van der Waals surface area contributed by atoms with Crippen LogP contribution in [0.25, 0.3) is 10.2 Å². The predicted octanol–water partition coefficient (Wildman–Crippen LogP) is 3.31. The Morgan fingerprint density at radius 3 is 3.06 bits per heavy atom. The molecule has 0 amide bonds. The Morgan fingerprint density at radius 1 is 1.28 bits per heavy atom. The van der Waals surface area contributed by atoms with Gasteiger partial charge in [0.1, 0.15) is 12.1 Å². The Bertz CT molecular complexity index is 472. The fraction of sp³-hybridized carbons (Fsp3) is 0.538. The zero-order valence-corrected chi connectivity index (χ0v) is 11.5. The topological polar surface area (TPSA) is 47.0 Å². The van der Waals surface area contributed by atoms with Crippen molar-refractivity contribution in [2.24, 2.45) is 0 Å². The minimum Gasteiger partial charge on any atom is -0.381 e. The van der Waals surface area contributed by atoms with E-state index in [9.17, 15) is 0 Å². The van der Waals surface area contributed by atoms with Gasteiger partial charge in [-0.1, -0.05) is 13.3 Å². The van der Waals surface area contributed by atoms with Crippen LogP contribution in [0.5, 0.6) is 0 Å². The van der Waals surface area contributed by atoms with Crippen molar-refractivity contribution in [1.29, 1.82) is 0 Å². The van der Waals surface area contributed by atoms with E-state index in [-0.39, 0.29) is 0 Å². The number of aromatic nitrogens is 2. The van der Waals surface area contributed by atoms with Crippen molar-refractivity contribution in [3.63, 3.8) is 0 Å². The summed E-state index contributed by atoms with van der Waals surface area (Å²) >= 11 is 1.67. The standard InChI is InChI=1S/C13H19N3OS/c1-2-3-7-17-8-4-6-14-13-12-11(5-9-18-12)15-10-16-13/h5,9-10H,2-4,6-8H2,1H3,(H,14,15,16). The van der Waals surface area contributed by atoms with E-state index in [1.165, 1.54) is 6.42 Å². The largest absolute Gasteiger partial charge is 0.381 e. The quantitative estimate of drug-likeness (QED) is 0.744. The number of hydrogen-bond donors (Lipinski definition) is 1. The lowest BCUT2D eigenvalue weighted by molar-refractivity contribution is 0.131. The molecule has 0 saturated heterocycles. The van der Waals surface area contributed by atoms with Gasteiger partial charge in [0.05, 0.1) is 10.2 Å². The average Bonchev–Trinajstić information content (AvgIpc) is 2.86. The van der Waals surface area contributed by atoms with Crippen molar-refractivity contribution >= 4 is 27.4 Å². The van der Waals surface area contributed by atoms with Crippen LogP contribution >= 0.6 is 11.3 Å². The van der Waals surface area contributed by atoms with Gasteiger partial charge >= 0.3 is 0 Å². The first kappa shape index (κ1) is 13.2. The molecule has 0 radical (unpaired) electrons. The lowest BCUT2D eigenvalue weighted by Crippen LogP contribution is -2.07. The number of nitrogens with zero attached hydrogens (tertiary/aromatic N) is 2. The fourth-order valence-corrected chi connectivity index (χ4v) is 2.46. The summed E-state index contributed by atoms with van der Waals surface area (Å²) in [5.41, 5.74) is 1.01. The minimum atomic E-state index is 0.811. The maximum atomic E-state index is 5.51. The van der Waals surface area contributed by atoms with Crippen molar-refractivity contribution in [3.05, 3.63) is 17.8 Å². The molecule has 4 nitrogen and oxygen atoms in total. The summed E-state index contributed by atoms with van der Waals surface area (Å²) in [6.45, 7) is 4.74. The van der Waals surface area contributed by atoms with Crippen LogP contribution < -0.4 is 5.32 Å². The second-order valence-electron chi connectivity index (χ2n) is 4.10. The summed E-state index contributed by atoms with van der Waals surface area (Å²) in [5.74, 6) is 0.934. The summed E-state index contributed by atoms with van der Waals surface area (Å²) in [6, 6.07) is 2.01. The first-order valence-corrected chi connectivity index (χ1v) is 7.29. The van der Waals surface area contributed by atoms with Crippen LogP contribution in [0, 0.1) is 0 Å². The molecule has 0 bridgehead atoms. The van der Waals surface area contributed by atoms with Gasteiger partial charge in [0.15, 0.2) is 0 Å². The highest BCUT2D eigenvalue weighted by Gasteiger charge is 2.03. The molecule has 18 heavy (non-hydrogen) atoms. The van der Waals surface area contributed by atoms with E-state index in [0.717, 1.165) is 48.6 Å². The van der Waals surface area contributed by atoms with Gasteiger partial charge in [-0.15, -0.1) is 11.3 Å². The van der Waals surface area contributed by atoms with Crippen molar-refractivity contribution in [2.45, 2.75) is 26.2 Å². The maximum absolute atomic E-state index is 5.51. The third kappa shape index (κ3) is 3.65. The van der Waals surface area contributed by atoms with Crippen LogP contribution in [0.15, 0.2) is 17.8 Å². The number of nitrogens with one attached hydrogen (secondary N) is 1. The number of unbranched alkanes of at least 4 members (excludes halogenated alkanes) is 1. The Labute approximate surface area is 111 Å². The first-order chi connectivity index (χ1) is 8.92. The third-order valence-electron chi connectivity index (χ3n) is 2.64. The summed E-state index contributed by atoms with van der Waals surface area (Å²) < 4.78 is 6.64. The van der Waals surface area contributed by atoms with Gasteiger partial charge in [0, 0.05) is 19.8 Å². The number of thiophene rings is 1. The van der Waals surface area contributed by atoms with Crippen molar-refractivity contribution in [3.8, 4) is 0 Å². The zero-order chi connectivity index (χ0) is 12.6. The number of fused-ring (bicyclic) bond motifs is 1. The molecule has 5 heteroatoms. The number of ether oxygens (including phenoxy) is 1. The SMILES string of the molecule is CCCCOCCCNc1ncnc2ccsc12. The lowest BCUT2D eigenvalue weighted by atomic mass is 10.3. The van der Waals surface area contributed by atoms with Gasteiger partial charge in [-0.05, 0) is 24.3 Å². The molecular formula is C13H19N3OS. The molecule has 2 heterocycles. The Hall–Kier alpha value is -1.20. The molecule has 0 atom stereocenters. The molecule has 0 aromatic carbocycles. The van der Waals surface area contributed by atoms with Crippen molar-refractivity contribution < 1.29 is 4.74 Å². The van der Waals surface area contributed by atoms with Crippen LogP contribution in [-0.4, -0.2) is 29.7 Å². The average molecular weight is 265 g/mol. The molecule has 2 rings (SSSR count). The van der Waals surface area contributed by atoms with E-state index >= 15 is 0 Å². The molecular weight excluding hydrogens is 246 g/mol. The van der Waals surface area contributed by atoms with Gasteiger partial charge in [0.2, 0.25) is 0 Å². The fourth-order valence-electron chi connectivity index (χ4n) is 1.64. The van der Waals surface area contributed by atoms with Crippen LogP contribution in [0.4, 0.5) is 5.82 Å². The summed E-state index contributed by atoms with van der Waals surface area (Å²) in [6.07, 6.45) is 4.94. The second kappa shape index (κ2) is 7.28. The molecule has 0 fully saturated rings. The smallest absolute Gasteiger partial charge is 0.147 e. The second-order valence-corrected chi connectivity index (χ2v) is 5.02. The van der Waals surface area contributed by atoms with Crippen LogP contribution in [-0.2, 0) is 4.74 Å².